The summed E-state index contributed by atoms with van der Waals surface area (Å²) in [5, 5.41) is 6.99. The Hall–Kier alpha value is -1.23. The van der Waals surface area contributed by atoms with Crippen LogP contribution in [0.3, 0.4) is 0 Å². The minimum absolute atomic E-state index is 0.0545. The average molecular weight is 307 g/mol. The van der Waals surface area contributed by atoms with E-state index >= 15 is 0 Å². The molecule has 0 aliphatic heterocycles. The van der Waals surface area contributed by atoms with Crippen LogP contribution in [-0.4, -0.2) is 35.0 Å². The molecule has 2 atom stereocenters. The quantitative estimate of drug-likeness (QED) is 0.846. The highest BCUT2D eigenvalue weighted by molar-refractivity contribution is 7.99. The van der Waals surface area contributed by atoms with Gasteiger partial charge in [-0.15, -0.1) is 0 Å². The summed E-state index contributed by atoms with van der Waals surface area (Å²) in [6.45, 7) is 3.02. The van der Waals surface area contributed by atoms with E-state index in [4.69, 9.17) is 0 Å². The summed E-state index contributed by atoms with van der Waals surface area (Å²) in [5.74, 6) is -0.0545. The first-order valence-electron chi connectivity index (χ1n) is 7.78. The number of amides is 1. The van der Waals surface area contributed by atoms with Crippen LogP contribution in [0.4, 0.5) is 5.69 Å². The summed E-state index contributed by atoms with van der Waals surface area (Å²) >= 11 is 1.86. The average Bonchev–Trinajstić information content (AvgIpc) is 2.53. The van der Waals surface area contributed by atoms with Gasteiger partial charge < -0.3 is 10.6 Å². The van der Waals surface area contributed by atoms with Gasteiger partial charge in [0.1, 0.15) is 5.69 Å². The predicted octanol–water partition coefficient (Wildman–Crippen LogP) is 3.31. The smallest absolute Gasteiger partial charge is 0.270 e. The van der Waals surface area contributed by atoms with Crippen LogP contribution < -0.4 is 10.6 Å². The fraction of sp³-hybridized carbons (Fsp3) is 0.625. The molecule has 1 saturated carbocycles. The van der Waals surface area contributed by atoms with E-state index in [9.17, 15) is 4.79 Å². The number of anilines is 1. The summed E-state index contributed by atoms with van der Waals surface area (Å²) in [7, 11) is 0. The van der Waals surface area contributed by atoms with Crippen LogP contribution >= 0.6 is 11.8 Å². The van der Waals surface area contributed by atoms with Crippen molar-refractivity contribution in [2.45, 2.75) is 50.3 Å². The van der Waals surface area contributed by atoms with Gasteiger partial charge >= 0.3 is 0 Å². The lowest BCUT2D eigenvalue weighted by molar-refractivity contribution is 0.0924. The molecule has 1 aromatic rings. The second-order valence-electron chi connectivity index (χ2n) is 5.50. The van der Waals surface area contributed by atoms with E-state index in [0.29, 0.717) is 10.9 Å². The van der Waals surface area contributed by atoms with E-state index in [0.717, 1.165) is 25.1 Å². The van der Waals surface area contributed by atoms with E-state index in [1.807, 2.05) is 23.9 Å². The zero-order chi connectivity index (χ0) is 15.1. The van der Waals surface area contributed by atoms with Gasteiger partial charge in [-0.2, -0.15) is 11.8 Å². The molecule has 1 aromatic heterocycles. The van der Waals surface area contributed by atoms with Crippen LogP contribution in [-0.2, 0) is 0 Å². The van der Waals surface area contributed by atoms with Crippen molar-refractivity contribution in [3.8, 4) is 0 Å². The lowest BCUT2D eigenvalue weighted by Gasteiger charge is -2.30. The van der Waals surface area contributed by atoms with Gasteiger partial charge in [0.05, 0.1) is 0 Å². The van der Waals surface area contributed by atoms with Crippen molar-refractivity contribution in [1.29, 1.82) is 0 Å². The van der Waals surface area contributed by atoms with Crippen molar-refractivity contribution < 1.29 is 4.79 Å². The van der Waals surface area contributed by atoms with Crippen LogP contribution in [0.25, 0.3) is 0 Å². The monoisotopic (exact) mass is 307 g/mol. The Bertz CT molecular complexity index is 467. The highest BCUT2D eigenvalue weighted by Gasteiger charge is 2.26. The summed E-state index contributed by atoms with van der Waals surface area (Å²) < 4.78 is 0. The standard InChI is InChI=1S/C16H25N3OS/c1-3-9-17-12-8-10-18-14(11-12)16(20)19-13-6-4-5-7-15(13)21-2/h8,10-11,13,15H,3-7,9H2,1-2H3,(H,17,18)(H,19,20). The highest BCUT2D eigenvalue weighted by atomic mass is 32.2. The number of hydrogen-bond donors (Lipinski definition) is 2. The molecule has 116 valence electrons. The summed E-state index contributed by atoms with van der Waals surface area (Å²) in [4.78, 5) is 16.6. The normalized spacial score (nSPS) is 21.8. The van der Waals surface area contributed by atoms with Crippen LogP contribution in [0, 0.1) is 0 Å². The van der Waals surface area contributed by atoms with Crippen molar-refractivity contribution in [1.82, 2.24) is 10.3 Å². The van der Waals surface area contributed by atoms with Crippen molar-refractivity contribution in [2.24, 2.45) is 0 Å². The zero-order valence-corrected chi connectivity index (χ0v) is 13.7. The maximum absolute atomic E-state index is 12.4. The Labute approximate surface area is 131 Å². The van der Waals surface area contributed by atoms with Crippen molar-refractivity contribution in [2.75, 3.05) is 18.1 Å². The number of aromatic nitrogens is 1. The van der Waals surface area contributed by atoms with Crippen molar-refractivity contribution >= 4 is 23.4 Å². The molecule has 4 nitrogen and oxygen atoms in total. The molecule has 1 aliphatic rings. The summed E-state index contributed by atoms with van der Waals surface area (Å²) in [6, 6.07) is 4.01. The Kier molecular flexibility index (Phi) is 6.36. The number of nitrogens with zero attached hydrogens (tertiary/aromatic N) is 1. The van der Waals surface area contributed by atoms with Crippen molar-refractivity contribution in [3.63, 3.8) is 0 Å². The molecule has 0 radical (unpaired) electrons. The zero-order valence-electron chi connectivity index (χ0n) is 12.9. The molecule has 1 amide bonds. The molecular weight excluding hydrogens is 282 g/mol. The van der Waals surface area contributed by atoms with E-state index in [1.165, 1.54) is 19.3 Å². The molecule has 1 fully saturated rings. The van der Waals surface area contributed by atoms with Crippen LogP contribution in [0.15, 0.2) is 18.3 Å². The Morgan fingerprint density at radius 1 is 1.43 bits per heavy atom. The minimum atomic E-state index is -0.0545. The van der Waals surface area contributed by atoms with E-state index in [2.05, 4.69) is 28.8 Å². The first-order chi connectivity index (χ1) is 10.2. The first-order valence-corrected chi connectivity index (χ1v) is 9.07. The van der Waals surface area contributed by atoms with Crippen LogP contribution in [0.1, 0.15) is 49.5 Å². The second kappa shape index (κ2) is 8.27. The van der Waals surface area contributed by atoms with Gasteiger partial charge in [-0.3, -0.25) is 9.78 Å². The number of carbonyl (C=O) groups excluding carboxylic acids is 1. The number of thioether (sulfide) groups is 1. The van der Waals surface area contributed by atoms with Crippen LogP contribution in [0.2, 0.25) is 0 Å². The van der Waals surface area contributed by atoms with Crippen molar-refractivity contribution in [3.05, 3.63) is 24.0 Å². The molecule has 2 N–H and O–H groups in total. The van der Waals surface area contributed by atoms with E-state index in [-0.39, 0.29) is 11.9 Å². The molecule has 5 heteroatoms. The number of nitrogens with one attached hydrogen (secondary N) is 2. The topological polar surface area (TPSA) is 54.0 Å². The van der Waals surface area contributed by atoms with Crippen LogP contribution in [0.5, 0.6) is 0 Å². The summed E-state index contributed by atoms with van der Waals surface area (Å²) in [5.41, 5.74) is 1.46. The highest BCUT2D eigenvalue weighted by Crippen LogP contribution is 2.27. The van der Waals surface area contributed by atoms with Gasteiger partial charge in [0, 0.05) is 29.7 Å². The molecule has 0 bridgehead atoms. The molecule has 0 saturated heterocycles. The van der Waals surface area contributed by atoms with Gasteiger partial charge in [0.15, 0.2) is 0 Å². The van der Waals surface area contributed by atoms with Gasteiger partial charge in [0.25, 0.3) is 5.91 Å². The molecule has 21 heavy (non-hydrogen) atoms. The largest absolute Gasteiger partial charge is 0.385 e. The Morgan fingerprint density at radius 3 is 3.00 bits per heavy atom. The second-order valence-corrected chi connectivity index (χ2v) is 6.57. The van der Waals surface area contributed by atoms with Gasteiger partial charge in [-0.25, -0.2) is 0 Å². The minimum Gasteiger partial charge on any atom is -0.385 e. The van der Waals surface area contributed by atoms with Gasteiger partial charge in [0.2, 0.25) is 0 Å². The number of pyridine rings is 1. The SMILES string of the molecule is CCCNc1ccnc(C(=O)NC2CCCCC2SC)c1. The third-order valence-corrected chi connectivity index (χ3v) is 5.06. The molecule has 2 unspecified atom stereocenters. The Balaban J connectivity index is 1.98. The van der Waals surface area contributed by atoms with Gasteiger partial charge in [-0.1, -0.05) is 19.8 Å². The lowest BCUT2D eigenvalue weighted by Crippen LogP contribution is -2.43. The maximum Gasteiger partial charge on any atom is 0.270 e. The third-order valence-electron chi connectivity index (χ3n) is 3.89. The molecule has 2 rings (SSSR count). The maximum atomic E-state index is 12.4. The van der Waals surface area contributed by atoms with E-state index in [1.54, 1.807) is 6.20 Å². The van der Waals surface area contributed by atoms with E-state index < -0.39 is 0 Å². The lowest BCUT2D eigenvalue weighted by atomic mass is 9.94. The Morgan fingerprint density at radius 2 is 2.24 bits per heavy atom. The molecule has 0 spiro atoms. The third kappa shape index (κ3) is 4.63. The molecule has 1 aliphatic carbocycles. The number of rotatable bonds is 6. The van der Waals surface area contributed by atoms with Gasteiger partial charge in [-0.05, 0) is 37.7 Å². The first kappa shape index (κ1) is 16.1. The molecular formula is C16H25N3OS. The molecule has 0 aromatic carbocycles. The fourth-order valence-corrected chi connectivity index (χ4v) is 3.66. The number of carbonyl (C=O) groups is 1. The predicted molar refractivity (Wildman–Crippen MR) is 90.0 cm³/mol. The molecule has 1 heterocycles. The number of hydrogen-bond acceptors (Lipinski definition) is 4. The summed E-state index contributed by atoms with van der Waals surface area (Å²) in [6.07, 6.45) is 9.62. The fourth-order valence-electron chi connectivity index (χ4n) is 2.72.